The van der Waals surface area contributed by atoms with Crippen LogP contribution in [0.1, 0.15) is 10.7 Å². The maximum absolute atomic E-state index is 15.0. The molecule has 1 aromatic carbocycles. The van der Waals surface area contributed by atoms with Gasteiger partial charge in [-0.15, -0.1) is 11.3 Å². The van der Waals surface area contributed by atoms with Crippen LogP contribution in [0.5, 0.6) is 0 Å². The van der Waals surface area contributed by atoms with Gasteiger partial charge in [0.25, 0.3) is 0 Å². The fourth-order valence-corrected chi connectivity index (χ4v) is 9.23. The van der Waals surface area contributed by atoms with E-state index in [4.69, 9.17) is 9.47 Å². The molecule has 2 saturated heterocycles. The highest BCUT2D eigenvalue weighted by Gasteiger charge is 2.46. The van der Waals surface area contributed by atoms with E-state index in [1.165, 1.54) is 0 Å². The molecule has 0 bridgehead atoms. The molecule has 2 aliphatic rings. The van der Waals surface area contributed by atoms with E-state index in [1.54, 1.807) is 11.3 Å². The first-order chi connectivity index (χ1) is 13.2. The van der Waals surface area contributed by atoms with Gasteiger partial charge in [-0.2, -0.15) is 0 Å². The Kier molecular flexibility index (Phi) is 6.49. The average Bonchev–Trinajstić information content (AvgIpc) is 3.16. The Labute approximate surface area is 172 Å². The van der Waals surface area contributed by atoms with Gasteiger partial charge >= 0.3 is 0 Å². The van der Waals surface area contributed by atoms with Crippen LogP contribution in [0.15, 0.2) is 46.3 Å². The minimum atomic E-state index is -2.92. The number of hydrogen-bond acceptors (Lipinski definition) is 5. The van der Waals surface area contributed by atoms with Gasteiger partial charge in [0.1, 0.15) is 5.78 Å². The third kappa shape index (κ3) is 4.10. The molecule has 0 N–H and O–H groups in total. The van der Waals surface area contributed by atoms with E-state index in [9.17, 15) is 4.57 Å². The van der Waals surface area contributed by atoms with Crippen LogP contribution in [-0.2, 0) is 14.0 Å². The quantitative estimate of drug-likeness (QED) is 0.622. The zero-order valence-corrected chi connectivity index (χ0v) is 18.4. The molecule has 0 amide bonds. The van der Waals surface area contributed by atoms with Crippen molar-refractivity contribution in [1.29, 1.82) is 0 Å². The first-order valence-corrected chi connectivity index (χ1v) is 12.6. The molecule has 2 atom stereocenters. The number of hydrogen-bond donors (Lipinski definition) is 0. The molecule has 8 heteroatoms. The van der Waals surface area contributed by atoms with Crippen molar-refractivity contribution in [2.45, 2.75) is 5.78 Å². The monoisotopic (exact) mass is 470 g/mol. The van der Waals surface area contributed by atoms with Crippen molar-refractivity contribution in [2.24, 2.45) is 0 Å². The van der Waals surface area contributed by atoms with E-state index in [1.807, 2.05) is 30.3 Å². The molecule has 0 spiro atoms. The van der Waals surface area contributed by atoms with Crippen LogP contribution in [0.4, 0.5) is 0 Å². The van der Waals surface area contributed by atoms with E-state index in [0.29, 0.717) is 39.5 Å². The Balaban J connectivity index is 1.83. The average molecular weight is 471 g/mol. The van der Waals surface area contributed by atoms with Crippen molar-refractivity contribution in [3.05, 3.63) is 51.1 Å². The maximum atomic E-state index is 15.0. The van der Waals surface area contributed by atoms with Crippen molar-refractivity contribution in [1.82, 2.24) is 9.57 Å². The molecule has 1 aromatic heterocycles. The molecule has 2 fully saturated rings. The van der Waals surface area contributed by atoms with Gasteiger partial charge in [-0.25, -0.2) is 4.67 Å². The van der Waals surface area contributed by atoms with Gasteiger partial charge < -0.3 is 9.47 Å². The summed E-state index contributed by atoms with van der Waals surface area (Å²) in [6.07, 6.45) is 0. The molecule has 0 radical (unpaired) electrons. The van der Waals surface area contributed by atoms with Crippen LogP contribution in [-0.4, -0.2) is 62.2 Å². The number of morpholine rings is 2. The van der Waals surface area contributed by atoms with Crippen LogP contribution >= 0.6 is 34.6 Å². The SMILES string of the molecule is O=P(c1ccccc1)(C(c1ccc(Br)s1)N1CCOCC1)N1CCOCC1. The molecule has 3 heterocycles. The lowest BCUT2D eigenvalue weighted by Crippen LogP contribution is -2.45. The second kappa shape index (κ2) is 8.87. The number of thiophene rings is 1. The molecule has 4 rings (SSSR count). The topological polar surface area (TPSA) is 42.0 Å². The zero-order valence-electron chi connectivity index (χ0n) is 15.1. The lowest BCUT2D eigenvalue weighted by molar-refractivity contribution is 0.0279. The lowest BCUT2D eigenvalue weighted by Gasteiger charge is -2.44. The summed E-state index contributed by atoms with van der Waals surface area (Å²) in [7, 11) is -2.92. The first kappa shape index (κ1) is 19.8. The van der Waals surface area contributed by atoms with Crippen LogP contribution < -0.4 is 5.30 Å². The van der Waals surface area contributed by atoms with Gasteiger partial charge in [-0.3, -0.25) is 9.46 Å². The summed E-state index contributed by atoms with van der Waals surface area (Å²) < 4.78 is 29.4. The van der Waals surface area contributed by atoms with Gasteiger partial charge in [0.05, 0.1) is 30.2 Å². The molecule has 2 aromatic rings. The smallest absolute Gasteiger partial charge is 0.200 e. The molecule has 0 saturated carbocycles. The summed E-state index contributed by atoms with van der Waals surface area (Å²) >= 11 is 5.27. The number of rotatable bonds is 5. The van der Waals surface area contributed by atoms with E-state index in [2.05, 4.69) is 37.6 Å². The fraction of sp³-hybridized carbons (Fsp3) is 0.474. The predicted molar refractivity (Wildman–Crippen MR) is 113 cm³/mol. The van der Waals surface area contributed by atoms with Gasteiger partial charge in [-0.1, -0.05) is 30.3 Å². The van der Waals surface area contributed by atoms with Gasteiger partial charge in [0.15, 0.2) is 0 Å². The number of nitrogens with zero attached hydrogens (tertiary/aromatic N) is 2. The molecular formula is C19H24BrN2O3PS. The summed E-state index contributed by atoms with van der Waals surface area (Å²) in [5, 5.41) is 0.924. The van der Waals surface area contributed by atoms with Crippen molar-refractivity contribution in [3.63, 3.8) is 0 Å². The highest BCUT2D eigenvalue weighted by atomic mass is 79.9. The second-order valence-corrected chi connectivity index (χ2v) is 12.0. The summed E-state index contributed by atoms with van der Waals surface area (Å²) in [6.45, 7) is 5.59. The third-order valence-electron chi connectivity index (χ3n) is 5.11. The van der Waals surface area contributed by atoms with E-state index >= 15 is 0 Å². The van der Waals surface area contributed by atoms with E-state index in [-0.39, 0.29) is 5.78 Å². The molecule has 2 aliphatic heterocycles. The number of ether oxygens (including phenoxy) is 2. The Hall–Kier alpha value is -0.530. The molecule has 27 heavy (non-hydrogen) atoms. The molecule has 5 nitrogen and oxygen atoms in total. The first-order valence-electron chi connectivity index (χ1n) is 9.25. The largest absolute Gasteiger partial charge is 0.379 e. The molecule has 146 valence electrons. The summed E-state index contributed by atoms with van der Waals surface area (Å²) in [6, 6.07) is 14.2. The Morgan fingerprint density at radius 1 is 0.926 bits per heavy atom. The van der Waals surface area contributed by atoms with Crippen LogP contribution in [0.2, 0.25) is 0 Å². The maximum Gasteiger partial charge on any atom is 0.200 e. The highest BCUT2D eigenvalue weighted by Crippen LogP contribution is 2.63. The van der Waals surface area contributed by atoms with Gasteiger partial charge in [-0.05, 0) is 28.1 Å². The van der Waals surface area contributed by atoms with Gasteiger partial charge in [0, 0.05) is 36.4 Å². The van der Waals surface area contributed by atoms with Crippen LogP contribution in [0.25, 0.3) is 0 Å². The Morgan fingerprint density at radius 3 is 2.15 bits per heavy atom. The number of halogens is 1. The zero-order chi connectivity index (χ0) is 18.7. The lowest BCUT2D eigenvalue weighted by atomic mass is 10.3. The summed E-state index contributed by atoms with van der Waals surface area (Å²) in [5.74, 6) is -0.168. The second-order valence-electron chi connectivity index (χ2n) is 6.69. The fourth-order valence-electron chi connectivity index (χ4n) is 3.81. The normalized spacial score (nSPS) is 23.0. The van der Waals surface area contributed by atoms with Gasteiger partial charge in [0.2, 0.25) is 7.29 Å². The third-order valence-corrected chi connectivity index (χ3v) is 10.5. The standard InChI is InChI=1S/C19H24BrN2O3PS/c20-18-7-6-17(27-18)19(21-8-12-24-13-9-21)26(23,16-4-2-1-3-5-16)22-10-14-25-15-11-22/h1-7,19H,8-15H2. The molecule has 2 unspecified atom stereocenters. The van der Waals surface area contributed by atoms with Crippen molar-refractivity contribution in [3.8, 4) is 0 Å². The van der Waals surface area contributed by atoms with Crippen molar-refractivity contribution >= 4 is 39.9 Å². The summed E-state index contributed by atoms with van der Waals surface area (Å²) in [5.41, 5.74) is 0. The minimum Gasteiger partial charge on any atom is -0.379 e. The van der Waals surface area contributed by atoms with E-state index in [0.717, 1.165) is 27.1 Å². The minimum absolute atomic E-state index is 0.168. The van der Waals surface area contributed by atoms with Crippen molar-refractivity contribution < 1.29 is 14.0 Å². The van der Waals surface area contributed by atoms with Crippen molar-refractivity contribution in [2.75, 3.05) is 52.6 Å². The molecular weight excluding hydrogens is 447 g/mol. The predicted octanol–water partition coefficient (Wildman–Crippen LogP) is 3.78. The van der Waals surface area contributed by atoms with Crippen LogP contribution in [0.3, 0.4) is 0 Å². The highest BCUT2D eigenvalue weighted by molar-refractivity contribution is 9.11. The Bertz CT molecular complexity index is 791. The summed E-state index contributed by atoms with van der Waals surface area (Å²) in [4.78, 5) is 3.49. The van der Waals surface area contributed by atoms with E-state index < -0.39 is 7.29 Å². The molecule has 0 aliphatic carbocycles. The van der Waals surface area contributed by atoms with Crippen LogP contribution in [0, 0.1) is 0 Å². The Morgan fingerprint density at radius 2 is 1.56 bits per heavy atom. The number of benzene rings is 1.